The van der Waals surface area contributed by atoms with Gasteiger partial charge in [0.05, 0.1) is 17.6 Å². The number of hydrogen-bond donors (Lipinski definition) is 2. The van der Waals surface area contributed by atoms with E-state index in [1.165, 1.54) is 0 Å². The van der Waals surface area contributed by atoms with Gasteiger partial charge in [-0.15, -0.1) is 0 Å². The third kappa shape index (κ3) is 2.07. The summed E-state index contributed by atoms with van der Waals surface area (Å²) in [7, 11) is 0. The van der Waals surface area contributed by atoms with Crippen molar-refractivity contribution in [2.75, 3.05) is 0 Å². The lowest BCUT2D eigenvalue weighted by molar-refractivity contribution is 1.14. The van der Waals surface area contributed by atoms with Gasteiger partial charge in [0.25, 0.3) is 0 Å². The molecule has 15 heavy (non-hydrogen) atoms. The van der Waals surface area contributed by atoms with Crippen LogP contribution in [0.1, 0.15) is 17.1 Å². The van der Waals surface area contributed by atoms with E-state index in [1.807, 2.05) is 19.1 Å². The van der Waals surface area contributed by atoms with Gasteiger partial charge >= 0.3 is 0 Å². The second kappa shape index (κ2) is 3.87. The van der Waals surface area contributed by atoms with Crippen LogP contribution >= 0.6 is 11.6 Å². The summed E-state index contributed by atoms with van der Waals surface area (Å²) in [5, 5.41) is 8.58. The maximum Gasteiger partial charge on any atom is 0.103 e. The van der Waals surface area contributed by atoms with Crippen molar-refractivity contribution in [1.29, 1.82) is 5.41 Å². The molecule has 0 unspecified atom stereocenters. The summed E-state index contributed by atoms with van der Waals surface area (Å²) >= 11 is 5.86. The summed E-state index contributed by atoms with van der Waals surface area (Å²) in [5.74, 6) is 0.803. The largest absolute Gasteiger partial charge is 0.341 e. The molecular formula is C11H10ClN3. The molecule has 2 aromatic rings. The third-order valence-electron chi connectivity index (χ3n) is 2.09. The first-order valence-corrected chi connectivity index (χ1v) is 4.91. The molecule has 0 atom stereocenters. The number of hydrogen-bond acceptors (Lipinski definition) is 2. The predicted molar refractivity (Wildman–Crippen MR) is 60.7 cm³/mol. The molecule has 0 bridgehead atoms. The monoisotopic (exact) mass is 219 g/mol. The van der Waals surface area contributed by atoms with Crippen LogP contribution in [0.2, 0.25) is 5.02 Å². The minimum atomic E-state index is 0.401. The molecule has 0 saturated heterocycles. The highest BCUT2D eigenvalue weighted by Gasteiger charge is 2.07. The zero-order valence-electron chi connectivity index (χ0n) is 8.21. The molecule has 1 heterocycles. The van der Waals surface area contributed by atoms with Gasteiger partial charge in [0.2, 0.25) is 0 Å². The minimum absolute atomic E-state index is 0.401. The average Bonchev–Trinajstić information content (AvgIpc) is 2.64. The summed E-state index contributed by atoms with van der Waals surface area (Å²) < 4.78 is 0. The molecule has 0 fully saturated rings. The van der Waals surface area contributed by atoms with Crippen LogP contribution in [0.4, 0.5) is 0 Å². The highest BCUT2D eigenvalue weighted by Crippen LogP contribution is 2.13. The quantitative estimate of drug-likeness (QED) is 0.750. The van der Waals surface area contributed by atoms with Gasteiger partial charge in [-0.25, -0.2) is 4.98 Å². The fourth-order valence-electron chi connectivity index (χ4n) is 1.35. The number of nitrogens with zero attached hydrogens (tertiary/aromatic N) is 1. The lowest BCUT2D eigenvalue weighted by atomic mass is 10.1. The van der Waals surface area contributed by atoms with Gasteiger partial charge in [-0.3, -0.25) is 5.41 Å². The Hall–Kier alpha value is -1.61. The van der Waals surface area contributed by atoms with Crippen molar-refractivity contribution in [2.24, 2.45) is 0 Å². The fourth-order valence-corrected chi connectivity index (χ4v) is 1.54. The van der Waals surface area contributed by atoms with E-state index in [0.717, 1.165) is 11.4 Å². The predicted octanol–water partition coefficient (Wildman–Crippen LogP) is 2.79. The van der Waals surface area contributed by atoms with Crippen molar-refractivity contribution >= 4 is 17.3 Å². The Morgan fingerprint density at radius 3 is 2.87 bits per heavy atom. The van der Waals surface area contributed by atoms with Crippen LogP contribution in [0, 0.1) is 12.3 Å². The lowest BCUT2D eigenvalue weighted by Gasteiger charge is -2.01. The number of aryl methyl sites for hydroxylation is 1. The van der Waals surface area contributed by atoms with Gasteiger partial charge in [0.1, 0.15) is 5.82 Å². The highest BCUT2D eigenvalue weighted by atomic mass is 35.5. The Morgan fingerprint density at radius 1 is 1.47 bits per heavy atom. The smallest absolute Gasteiger partial charge is 0.103 e. The van der Waals surface area contributed by atoms with Crippen LogP contribution in [-0.2, 0) is 0 Å². The first-order valence-electron chi connectivity index (χ1n) is 4.53. The fraction of sp³-hybridized carbons (Fsp3) is 0.0909. The molecule has 0 aliphatic carbocycles. The molecule has 0 aliphatic heterocycles. The van der Waals surface area contributed by atoms with Gasteiger partial charge in [-0.2, -0.15) is 0 Å². The number of nitrogens with one attached hydrogen (secondary N) is 2. The molecule has 0 amide bonds. The Balaban J connectivity index is 2.36. The number of imidazole rings is 1. The molecule has 4 heteroatoms. The number of aromatic nitrogens is 2. The molecule has 1 aromatic heterocycles. The molecule has 2 N–H and O–H groups in total. The van der Waals surface area contributed by atoms with E-state index in [-0.39, 0.29) is 0 Å². The van der Waals surface area contributed by atoms with Crippen LogP contribution in [0.25, 0.3) is 0 Å². The van der Waals surface area contributed by atoms with E-state index < -0.39 is 0 Å². The summed E-state index contributed by atoms with van der Waals surface area (Å²) in [6, 6.07) is 7.23. The van der Waals surface area contributed by atoms with Crippen molar-refractivity contribution < 1.29 is 0 Å². The molecule has 76 valence electrons. The number of aromatic amines is 1. The molecule has 0 aliphatic rings. The number of halogens is 1. The number of benzene rings is 1. The summed E-state index contributed by atoms with van der Waals surface area (Å²) in [5.41, 5.74) is 1.89. The van der Waals surface area contributed by atoms with Gasteiger partial charge < -0.3 is 4.98 Å². The van der Waals surface area contributed by atoms with E-state index >= 15 is 0 Å². The topological polar surface area (TPSA) is 52.5 Å². The van der Waals surface area contributed by atoms with Crippen molar-refractivity contribution in [1.82, 2.24) is 9.97 Å². The molecule has 0 saturated carbocycles. The summed E-state index contributed by atoms with van der Waals surface area (Å²) in [6.07, 6.45) is 1.65. The molecule has 2 rings (SSSR count). The zero-order chi connectivity index (χ0) is 10.8. The van der Waals surface area contributed by atoms with Crippen molar-refractivity contribution in [3.63, 3.8) is 0 Å². The van der Waals surface area contributed by atoms with E-state index in [1.54, 1.807) is 18.3 Å². The van der Waals surface area contributed by atoms with Gasteiger partial charge in [-0.1, -0.05) is 23.7 Å². The van der Waals surface area contributed by atoms with Crippen molar-refractivity contribution in [3.8, 4) is 0 Å². The standard InChI is InChI=1S/C11H10ClN3/c1-7-14-6-10(15-7)11(13)8-3-2-4-9(12)5-8/h2-6,13H,1H3,(H,14,15). The van der Waals surface area contributed by atoms with Crippen LogP contribution in [-0.4, -0.2) is 15.7 Å². The Morgan fingerprint density at radius 2 is 2.27 bits per heavy atom. The SMILES string of the molecule is Cc1ncc(C(=N)c2cccc(Cl)c2)[nH]1. The number of H-pyrrole nitrogens is 1. The summed E-state index contributed by atoms with van der Waals surface area (Å²) in [6.45, 7) is 1.86. The second-order valence-corrected chi connectivity index (χ2v) is 3.70. The third-order valence-corrected chi connectivity index (χ3v) is 2.32. The zero-order valence-corrected chi connectivity index (χ0v) is 8.97. The van der Waals surface area contributed by atoms with Crippen LogP contribution in [0.3, 0.4) is 0 Å². The minimum Gasteiger partial charge on any atom is -0.341 e. The maximum atomic E-state index is 7.95. The Kier molecular flexibility index (Phi) is 2.56. The molecule has 3 nitrogen and oxygen atoms in total. The number of rotatable bonds is 2. The molecular weight excluding hydrogens is 210 g/mol. The highest BCUT2D eigenvalue weighted by molar-refractivity contribution is 6.31. The van der Waals surface area contributed by atoms with Crippen molar-refractivity contribution in [3.05, 3.63) is 52.6 Å². The molecule has 0 radical (unpaired) electrons. The molecule has 0 spiro atoms. The first kappa shape index (κ1) is 9.93. The normalized spacial score (nSPS) is 10.3. The Labute approximate surface area is 92.6 Å². The van der Waals surface area contributed by atoms with Gasteiger partial charge in [0.15, 0.2) is 0 Å². The Bertz CT molecular complexity index is 502. The van der Waals surface area contributed by atoms with Crippen molar-refractivity contribution in [2.45, 2.75) is 6.92 Å². The van der Waals surface area contributed by atoms with Crippen LogP contribution in [0.15, 0.2) is 30.5 Å². The van der Waals surface area contributed by atoms with Gasteiger partial charge in [0, 0.05) is 10.6 Å². The van der Waals surface area contributed by atoms with E-state index in [2.05, 4.69) is 9.97 Å². The maximum absolute atomic E-state index is 7.95. The second-order valence-electron chi connectivity index (χ2n) is 3.27. The van der Waals surface area contributed by atoms with E-state index in [9.17, 15) is 0 Å². The van der Waals surface area contributed by atoms with E-state index in [0.29, 0.717) is 16.4 Å². The van der Waals surface area contributed by atoms with Crippen LogP contribution in [0.5, 0.6) is 0 Å². The van der Waals surface area contributed by atoms with Gasteiger partial charge in [-0.05, 0) is 19.1 Å². The summed E-state index contributed by atoms with van der Waals surface area (Å²) in [4.78, 5) is 7.07. The first-order chi connectivity index (χ1) is 7.16. The average molecular weight is 220 g/mol. The lowest BCUT2D eigenvalue weighted by Crippen LogP contribution is -2.01. The molecule has 1 aromatic carbocycles. The van der Waals surface area contributed by atoms with Crippen LogP contribution < -0.4 is 0 Å². The van der Waals surface area contributed by atoms with E-state index in [4.69, 9.17) is 17.0 Å².